The summed E-state index contributed by atoms with van der Waals surface area (Å²) in [6.07, 6.45) is 12.1. The molecule has 0 radical (unpaired) electrons. The van der Waals surface area contributed by atoms with E-state index in [1.165, 1.54) is 0 Å². The third kappa shape index (κ3) is 5.37. The fraction of sp³-hybridized carbons (Fsp3) is 0.296. The molecule has 1 N–H and O–H groups in total. The highest BCUT2D eigenvalue weighted by Crippen LogP contribution is 2.23. The highest BCUT2D eigenvalue weighted by molar-refractivity contribution is 5.94. The molecule has 1 atom stereocenters. The Kier molecular flexibility index (Phi) is 6.79. The minimum Gasteiger partial charge on any atom is -0.496 e. The van der Waals surface area contributed by atoms with Crippen molar-refractivity contribution in [3.63, 3.8) is 0 Å². The molecule has 0 aliphatic carbocycles. The van der Waals surface area contributed by atoms with Gasteiger partial charge in [0.05, 0.1) is 24.6 Å². The van der Waals surface area contributed by atoms with E-state index in [2.05, 4.69) is 19.9 Å². The molecule has 1 aliphatic heterocycles. The van der Waals surface area contributed by atoms with E-state index < -0.39 is 0 Å². The number of ether oxygens (including phenoxy) is 1. The highest BCUT2D eigenvalue weighted by Gasteiger charge is 2.25. The zero-order valence-corrected chi connectivity index (χ0v) is 19.7. The van der Waals surface area contributed by atoms with Gasteiger partial charge in [-0.05, 0) is 43.4 Å². The summed E-state index contributed by atoms with van der Waals surface area (Å²) in [6.45, 7) is 1.46. The molecule has 4 aromatic rings. The first kappa shape index (κ1) is 22.7. The van der Waals surface area contributed by atoms with Gasteiger partial charge in [0.15, 0.2) is 5.82 Å². The number of pyridine rings is 1. The summed E-state index contributed by atoms with van der Waals surface area (Å²) in [7, 11) is 1.67. The Morgan fingerprint density at radius 1 is 1.11 bits per heavy atom. The maximum absolute atomic E-state index is 13.2. The molecule has 1 amide bonds. The Morgan fingerprint density at radius 3 is 2.83 bits per heavy atom. The van der Waals surface area contributed by atoms with E-state index >= 15 is 0 Å². The van der Waals surface area contributed by atoms with Crippen molar-refractivity contribution in [1.29, 1.82) is 0 Å². The smallest absolute Gasteiger partial charge is 0.255 e. The number of nitrogens with one attached hydrogen (secondary N) is 1. The number of hydrogen-bond donors (Lipinski definition) is 1. The number of aromatic nitrogens is 5. The van der Waals surface area contributed by atoms with Crippen LogP contribution in [0.25, 0.3) is 11.5 Å². The fourth-order valence-corrected chi connectivity index (χ4v) is 4.62. The lowest BCUT2D eigenvalue weighted by Gasteiger charge is -2.32. The van der Waals surface area contributed by atoms with E-state index in [1.54, 1.807) is 38.1 Å². The van der Waals surface area contributed by atoms with Crippen molar-refractivity contribution in [1.82, 2.24) is 29.8 Å². The number of methoxy groups -OCH3 is 1. The first-order valence-electron chi connectivity index (χ1n) is 11.9. The second-order valence-electron chi connectivity index (χ2n) is 8.82. The van der Waals surface area contributed by atoms with Crippen molar-refractivity contribution >= 4 is 5.91 Å². The minimum absolute atomic E-state index is 0.0291. The molecule has 1 fully saturated rings. The predicted octanol–water partition coefficient (Wildman–Crippen LogP) is 3.96. The number of nitrogens with zero attached hydrogens (tertiary/aromatic N) is 5. The third-order valence-corrected chi connectivity index (χ3v) is 6.37. The fourth-order valence-electron chi connectivity index (χ4n) is 4.62. The number of likely N-dealkylation sites (tertiary alicyclic amines) is 1. The van der Waals surface area contributed by atoms with Gasteiger partial charge in [0.2, 0.25) is 0 Å². The van der Waals surface area contributed by atoms with Gasteiger partial charge in [-0.25, -0.2) is 9.97 Å². The summed E-state index contributed by atoms with van der Waals surface area (Å²) in [4.78, 5) is 36.1. The summed E-state index contributed by atoms with van der Waals surface area (Å²) < 4.78 is 5.44. The Balaban J connectivity index is 1.22. The molecule has 4 heterocycles. The number of benzene rings is 1. The highest BCUT2D eigenvalue weighted by atomic mass is 16.5. The van der Waals surface area contributed by atoms with Crippen molar-refractivity contribution in [2.45, 2.75) is 25.7 Å². The number of aromatic amines is 1. The van der Waals surface area contributed by atoms with Gasteiger partial charge < -0.3 is 14.6 Å². The number of carbonyl (C=O) groups is 1. The van der Waals surface area contributed by atoms with Gasteiger partial charge in [-0.1, -0.05) is 18.2 Å². The van der Waals surface area contributed by atoms with Gasteiger partial charge in [0.25, 0.3) is 5.91 Å². The summed E-state index contributed by atoms with van der Waals surface area (Å²) >= 11 is 0. The summed E-state index contributed by atoms with van der Waals surface area (Å²) in [5, 5.41) is 0. The molecular formula is C27H28N6O2. The van der Waals surface area contributed by atoms with E-state index in [1.807, 2.05) is 41.3 Å². The Hall–Kier alpha value is -4.07. The molecule has 1 saturated heterocycles. The van der Waals surface area contributed by atoms with Gasteiger partial charge >= 0.3 is 0 Å². The van der Waals surface area contributed by atoms with Crippen LogP contribution in [0.2, 0.25) is 0 Å². The largest absolute Gasteiger partial charge is 0.496 e. The van der Waals surface area contributed by atoms with Crippen LogP contribution in [0.5, 0.6) is 5.75 Å². The zero-order valence-electron chi connectivity index (χ0n) is 19.7. The lowest BCUT2D eigenvalue weighted by Crippen LogP contribution is -2.40. The molecule has 8 nitrogen and oxygen atoms in total. The minimum atomic E-state index is 0.0291. The van der Waals surface area contributed by atoms with E-state index in [4.69, 9.17) is 9.72 Å². The van der Waals surface area contributed by atoms with Gasteiger partial charge in [-0.15, -0.1) is 0 Å². The lowest BCUT2D eigenvalue weighted by atomic mass is 9.93. The zero-order chi connectivity index (χ0) is 24.0. The van der Waals surface area contributed by atoms with Gasteiger partial charge in [-0.3, -0.25) is 14.8 Å². The van der Waals surface area contributed by atoms with Crippen molar-refractivity contribution in [3.05, 3.63) is 89.9 Å². The standard InChI is InChI=1S/C27H28N6O2/c1-35-25-7-3-2-6-20(25)14-22-9-8-21(15-31-22)27(34)33-12-4-5-19(18-33)13-23-16-28-17-24(32-23)26-29-10-11-30-26/h2-3,6-11,15-17,19H,4-5,12-14,18H2,1H3,(H,29,30). The van der Waals surface area contributed by atoms with Crippen molar-refractivity contribution in [2.24, 2.45) is 5.92 Å². The summed E-state index contributed by atoms with van der Waals surface area (Å²) in [6, 6.07) is 11.7. The van der Waals surface area contributed by atoms with Gasteiger partial charge in [0.1, 0.15) is 11.4 Å². The van der Waals surface area contributed by atoms with E-state index in [-0.39, 0.29) is 5.91 Å². The monoisotopic (exact) mass is 468 g/mol. The number of hydrogen-bond acceptors (Lipinski definition) is 6. The van der Waals surface area contributed by atoms with E-state index in [9.17, 15) is 4.79 Å². The summed E-state index contributed by atoms with van der Waals surface area (Å²) in [5.74, 6) is 1.92. The number of rotatable bonds is 7. The van der Waals surface area contributed by atoms with Crippen LogP contribution >= 0.6 is 0 Å². The molecule has 0 saturated carbocycles. The van der Waals surface area contributed by atoms with Crippen molar-refractivity contribution < 1.29 is 9.53 Å². The Bertz CT molecular complexity index is 1270. The molecule has 178 valence electrons. The van der Waals surface area contributed by atoms with Crippen LogP contribution in [-0.2, 0) is 12.8 Å². The van der Waals surface area contributed by atoms with Crippen LogP contribution in [0.1, 0.15) is 40.2 Å². The second-order valence-corrected chi connectivity index (χ2v) is 8.82. The molecule has 0 bridgehead atoms. The molecule has 8 heteroatoms. The molecule has 5 rings (SSSR count). The molecular weight excluding hydrogens is 440 g/mol. The molecule has 3 aromatic heterocycles. The van der Waals surface area contributed by atoms with Crippen LogP contribution < -0.4 is 4.74 Å². The molecule has 0 spiro atoms. The Morgan fingerprint density at radius 2 is 2.03 bits per heavy atom. The number of H-pyrrole nitrogens is 1. The predicted molar refractivity (Wildman–Crippen MR) is 132 cm³/mol. The molecule has 1 aliphatic rings. The Labute approximate surface area is 204 Å². The number of para-hydroxylation sites is 1. The average Bonchev–Trinajstić information content (AvgIpc) is 3.45. The van der Waals surface area contributed by atoms with Gasteiger partial charge in [-0.2, -0.15) is 0 Å². The average molecular weight is 469 g/mol. The normalized spacial score (nSPS) is 15.7. The third-order valence-electron chi connectivity index (χ3n) is 6.37. The van der Waals surface area contributed by atoms with Crippen LogP contribution in [0.4, 0.5) is 0 Å². The number of imidazole rings is 1. The maximum atomic E-state index is 13.2. The number of amides is 1. The quantitative estimate of drug-likeness (QED) is 0.441. The number of piperidine rings is 1. The first-order chi connectivity index (χ1) is 17.2. The van der Waals surface area contributed by atoms with Crippen molar-refractivity contribution in [2.75, 3.05) is 20.2 Å². The topological polar surface area (TPSA) is 96.9 Å². The SMILES string of the molecule is COc1ccccc1Cc1ccc(C(=O)N2CCCC(Cc3cncc(-c4ncc[nH]4)n3)C2)cn1. The first-order valence-corrected chi connectivity index (χ1v) is 11.9. The second kappa shape index (κ2) is 10.5. The van der Waals surface area contributed by atoms with Crippen LogP contribution in [0.3, 0.4) is 0 Å². The van der Waals surface area contributed by atoms with Gasteiger partial charge in [0, 0.05) is 55.6 Å². The lowest BCUT2D eigenvalue weighted by molar-refractivity contribution is 0.0672. The van der Waals surface area contributed by atoms with Crippen LogP contribution in [0.15, 0.2) is 67.4 Å². The molecule has 1 aromatic carbocycles. The molecule has 35 heavy (non-hydrogen) atoms. The van der Waals surface area contributed by atoms with E-state index in [0.29, 0.717) is 30.3 Å². The van der Waals surface area contributed by atoms with Crippen LogP contribution in [-0.4, -0.2) is 55.9 Å². The maximum Gasteiger partial charge on any atom is 0.255 e. The van der Waals surface area contributed by atoms with E-state index in [0.717, 1.165) is 54.2 Å². The number of carbonyl (C=O) groups excluding carboxylic acids is 1. The van der Waals surface area contributed by atoms with Crippen LogP contribution in [0, 0.1) is 5.92 Å². The van der Waals surface area contributed by atoms with Crippen molar-refractivity contribution in [3.8, 4) is 17.3 Å². The summed E-state index contributed by atoms with van der Waals surface area (Å²) in [5.41, 5.74) is 4.24. The molecule has 1 unspecified atom stereocenters.